The quantitative estimate of drug-likeness (QED) is 0.924. The maximum atomic E-state index is 13.0. The minimum absolute atomic E-state index is 0.0808. The van der Waals surface area contributed by atoms with Crippen LogP contribution in [0.25, 0.3) is 0 Å². The van der Waals surface area contributed by atoms with Crippen LogP contribution in [0.4, 0.5) is 13.2 Å². The van der Waals surface area contributed by atoms with Crippen molar-refractivity contribution in [2.24, 2.45) is 0 Å². The van der Waals surface area contributed by atoms with E-state index in [4.69, 9.17) is 9.47 Å². The fourth-order valence-electron chi connectivity index (χ4n) is 2.22. The molecule has 1 N–H and O–H groups in total. The standard InChI is InChI=1S/C14H18F3NO2/c1-2-19-13-4-3-10(8-12(13)14(15,16)17)7-11-9-18-5-6-20-11/h3-4,8,11,18H,2,5-7,9H2,1H3/t11-/m1/s1. The van der Waals surface area contributed by atoms with Crippen molar-refractivity contribution in [1.29, 1.82) is 0 Å². The van der Waals surface area contributed by atoms with Crippen molar-refractivity contribution >= 4 is 0 Å². The van der Waals surface area contributed by atoms with E-state index in [1.54, 1.807) is 13.0 Å². The Labute approximate surface area is 116 Å². The normalized spacial score (nSPS) is 19.9. The molecule has 0 unspecified atom stereocenters. The number of benzene rings is 1. The van der Waals surface area contributed by atoms with Gasteiger partial charge in [-0.15, -0.1) is 0 Å². The van der Waals surface area contributed by atoms with E-state index >= 15 is 0 Å². The molecule has 0 spiro atoms. The molecule has 0 aliphatic carbocycles. The van der Waals surface area contributed by atoms with Gasteiger partial charge in [0.2, 0.25) is 0 Å². The molecule has 1 aromatic rings. The molecular weight excluding hydrogens is 271 g/mol. The molecule has 0 amide bonds. The third-order valence-corrected chi connectivity index (χ3v) is 3.12. The van der Waals surface area contributed by atoms with Gasteiger partial charge in [-0.3, -0.25) is 0 Å². The molecule has 1 saturated heterocycles. The number of rotatable bonds is 4. The Bertz CT molecular complexity index is 443. The number of hydrogen-bond acceptors (Lipinski definition) is 3. The molecule has 20 heavy (non-hydrogen) atoms. The second kappa shape index (κ2) is 6.45. The first-order chi connectivity index (χ1) is 9.50. The van der Waals surface area contributed by atoms with Gasteiger partial charge in [-0.05, 0) is 31.0 Å². The van der Waals surface area contributed by atoms with E-state index in [-0.39, 0.29) is 18.5 Å². The first-order valence-corrected chi connectivity index (χ1v) is 6.66. The number of nitrogens with one attached hydrogen (secondary N) is 1. The number of morpholine rings is 1. The second-order valence-corrected chi connectivity index (χ2v) is 4.66. The van der Waals surface area contributed by atoms with Crippen molar-refractivity contribution in [1.82, 2.24) is 5.32 Å². The summed E-state index contributed by atoms with van der Waals surface area (Å²) in [6.07, 6.45) is -4.03. The van der Waals surface area contributed by atoms with Gasteiger partial charge in [0.15, 0.2) is 0 Å². The zero-order chi connectivity index (χ0) is 14.6. The SMILES string of the molecule is CCOc1ccc(C[C@@H]2CNCCO2)cc1C(F)(F)F. The fraction of sp³-hybridized carbons (Fsp3) is 0.571. The Morgan fingerprint density at radius 3 is 2.80 bits per heavy atom. The third kappa shape index (κ3) is 3.86. The molecule has 6 heteroatoms. The predicted octanol–water partition coefficient (Wildman–Crippen LogP) is 2.64. The first kappa shape index (κ1) is 15.1. The smallest absolute Gasteiger partial charge is 0.419 e. The highest BCUT2D eigenvalue weighted by Gasteiger charge is 2.34. The molecule has 0 bridgehead atoms. The molecule has 0 radical (unpaired) electrons. The van der Waals surface area contributed by atoms with Crippen molar-refractivity contribution in [3.8, 4) is 5.75 Å². The lowest BCUT2D eigenvalue weighted by atomic mass is 10.0. The average Bonchev–Trinajstić information content (AvgIpc) is 2.41. The topological polar surface area (TPSA) is 30.5 Å². The maximum absolute atomic E-state index is 13.0. The van der Waals surface area contributed by atoms with Crippen LogP contribution in [0, 0.1) is 0 Å². The minimum Gasteiger partial charge on any atom is -0.493 e. The number of hydrogen-bond donors (Lipinski definition) is 1. The molecule has 1 aromatic carbocycles. The second-order valence-electron chi connectivity index (χ2n) is 4.66. The van der Waals surface area contributed by atoms with Crippen LogP contribution in [0.1, 0.15) is 18.1 Å². The van der Waals surface area contributed by atoms with Crippen molar-refractivity contribution in [3.05, 3.63) is 29.3 Å². The Hall–Kier alpha value is -1.27. The molecule has 112 valence electrons. The third-order valence-electron chi connectivity index (χ3n) is 3.12. The van der Waals surface area contributed by atoms with E-state index in [0.29, 0.717) is 25.1 Å². The lowest BCUT2D eigenvalue weighted by Gasteiger charge is -2.24. The zero-order valence-corrected chi connectivity index (χ0v) is 11.3. The van der Waals surface area contributed by atoms with Crippen LogP contribution in [0.15, 0.2) is 18.2 Å². The largest absolute Gasteiger partial charge is 0.493 e. The Morgan fingerprint density at radius 2 is 2.20 bits per heavy atom. The zero-order valence-electron chi connectivity index (χ0n) is 11.3. The molecule has 1 atom stereocenters. The van der Waals surface area contributed by atoms with Crippen LogP contribution in [-0.4, -0.2) is 32.4 Å². The van der Waals surface area contributed by atoms with Crippen molar-refractivity contribution in [2.75, 3.05) is 26.3 Å². The van der Waals surface area contributed by atoms with Crippen LogP contribution in [0.3, 0.4) is 0 Å². The summed E-state index contributed by atoms with van der Waals surface area (Å²) in [5, 5.41) is 3.16. The predicted molar refractivity (Wildman–Crippen MR) is 68.9 cm³/mol. The van der Waals surface area contributed by atoms with E-state index in [2.05, 4.69) is 5.32 Å². The molecule has 1 aliphatic heterocycles. The summed E-state index contributed by atoms with van der Waals surface area (Å²) in [6, 6.07) is 4.21. The molecule has 2 rings (SSSR count). The molecule has 3 nitrogen and oxygen atoms in total. The highest BCUT2D eigenvalue weighted by molar-refractivity contribution is 5.39. The summed E-state index contributed by atoms with van der Waals surface area (Å²) >= 11 is 0. The van der Waals surface area contributed by atoms with Gasteiger partial charge in [0.25, 0.3) is 0 Å². The fourth-order valence-corrected chi connectivity index (χ4v) is 2.22. The van der Waals surface area contributed by atoms with Gasteiger partial charge >= 0.3 is 6.18 Å². The van der Waals surface area contributed by atoms with Crippen molar-refractivity contribution in [2.45, 2.75) is 25.6 Å². The summed E-state index contributed by atoms with van der Waals surface area (Å²) in [6.45, 7) is 3.91. The lowest BCUT2D eigenvalue weighted by molar-refractivity contribution is -0.139. The summed E-state index contributed by atoms with van der Waals surface area (Å²) in [5.41, 5.74) is -0.116. The Balaban J connectivity index is 2.17. The Kier molecular flexibility index (Phi) is 4.88. The average molecular weight is 289 g/mol. The van der Waals surface area contributed by atoms with Crippen molar-refractivity contribution in [3.63, 3.8) is 0 Å². The van der Waals surface area contributed by atoms with Crippen LogP contribution in [0.5, 0.6) is 5.75 Å². The number of alkyl halides is 3. The van der Waals surface area contributed by atoms with E-state index < -0.39 is 11.7 Å². The minimum atomic E-state index is -4.41. The first-order valence-electron chi connectivity index (χ1n) is 6.66. The highest BCUT2D eigenvalue weighted by Crippen LogP contribution is 2.37. The van der Waals surface area contributed by atoms with E-state index in [9.17, 15) is 13.2 Å². The van der Waals surface area contributed by atoms with Crippen molar-refractivity contribution < 1.29 is 22.6 Å². The molecule has 0 saturated carbocycles. The Morgan fingerprint density at radius 1 is 1.40 bits per heavy atom. The van der Waals surface area contributed by atoms with Gasteiger partial charge < -0.3 is 14.8 Å². The molecular formula is C14H18F3NO2. The van der Waals surface area contributed by atoms with Gasteiger partial charge in [0.05, 0.1) is 24.9 Å². The summed E-state index contributed by atoms with van der Waals surface area (Å²) in [5.74, 6) is -0.119. The summed E-state index contributed by atoms with van der Waals surface area (Å²) in [4.78, 5) is 0. The molecule has 1 fully saturated rings. The number of halogens is 3. The molecule has 1 heterocycles. The van der Waals surface area contributed by atoms with Crippen LogP contribution in [-0.2, 0) is 17.3 Å². The van der Waals surface area contributed by atoms with Crippen LogP contribution in [0.2, 0.25) is 0 Å². The van der Waals surface area contributed by atoms with Gasteiger partial charge in [0.1, 0.15) is 5.75 Å². The molecule has 1 aliphatic rings. The lowest BCUT2D eigenvalue weighted by Crippen LogP contribution is -2.39. The highest BCUT2D eigenvalue weighted by atomic mass is 19.4. The van der Waals surface area contributed by atoms with E-state index in [0.717, 1.165) is 12.6 Å². The van der Waals surface area contributed by atoms with Crippen LogP contribution >= 0.6 is 0 Å². The van der Waals surface area contributed by atoms with E-state index in [1.165, 1.54) is 6.07 Å². The van der Waals surface area contributed by atoms with Crippen LogP contribution < -0.4 is 10.1 Å². The van der Waals surface area contributed by atoms with Gasteiger partial charge in [0, 0.05) is 13.1 Å². The summed E-state index contributed by atoms with van der Waals surface area (Å²) in [7, 11) is 0. The molecule has 0 aromatic heterocycles. The van der Waals surface area contributed by atoms with Gasteiger partial charge in [-0.1, -0.05) is 6.07 Å². The maximum Gasteiger partial charge on any atom is 0.419 e. The van der Waals surface area contributed by atoms with Gasteiger partial charge in [-0.2, -0.15) is 13.2 Å². The number of ether oxygens (including phenoxy) is 2. The monoisotopic (exact) mass is 289 g/mol. The van der Waals surface area contributed by atoms with E-state index in [1.807, 2.05) is 0 Å². The summed E-state index contributed by atoms with van der Waals surface area (Å²) < 4.78 is 49.6. The van der Waals surface area contributed by atoms with Gasteiger partial charge in [-0.25, -0.2) is 0 Å².